The molecule has 1 aliphatic carbocycles. The SMILES string of the molecule is CC1=C(/C=C/C(=C/C=C\C(C)=C\C=O)C(C)C)C(C)(C)CCC1. The van der Waals surface area contributed by atoms with Crippen molar-refractivity contribution < 1.29 is 4.79 Å². The van der Waals surface area contributed by atoms with Crippen molar-refractivity contribution in [3.05, 3.63) is 58.7 Å². The lowest BCUT2D eigenvalue weighted by Crippen LogP contribution is -2.19. The van der Waals surface area contributed by atoms with Gasteiger partial charge in [0.15, 0.2) is 0 Å². The van der Waals surface area contributed by atoms with Crippen molar-refractivity contribution in [1.82, 2.24) is 0 Å². The minimum Gasteiger partial charge on any atom is -0.299 e. The van der Waals surface area contributed by atoms with E-state index in [-0.39, 0.29) is 5.41 Å². The van der Waals surface area contributed by atoms with E-state index in [1.54, 1.807) is 6.08 Å². The monoisotopic (exact) mass is 312 g/mol. The lowest BCUT2D eigenvalue weighted by atomic mass is 9.72. The van der Waals surface area contributed by atoms with Crippen LogP contribution in [0.25, 0.3) is 0 Å². The molecule has 0 aliphatic heterocycles. The van der Waals surface area contributed by atoms with Crippen LogP contribution in [0.15, 0.2) is 58.7 Å². The standard InChI is InChI=1S/C22H32O/c1-17(2)20(11-7-9-18(3)14-16-23)12-13-21-19(4)10-8-15-22(21,5)6/h7,9,11-14,16-17H,8,10,15H2,1-6H3/b9-7-,13-12+,18-14+,20-11-. The lowest BCUT2D eigenvalue weighted by molar-refractivity contribution is -0.104. The maximum atomic E-state index is 10.4. The van der Waals surface area contributed by atoms with Gasteiger partial charge in [0.25, 0.3) is 0 Å². The van der Waals surface area contributed by atoms with Gasteiger partial charge in [0.2, 0.25) is 0 Å². The Hall–Kier alpha value is -1.63. The van der Waals surface area contributed by atoms with Gasteiger partial charge in [-0.15, -0.1) is 0 Å². The molecule has 0 N–H and O–H groups in total. The number of allylic oxidation sites excluding steroid dienone is 10. The summed E-state index contributed by atoms with van der Waals surface area (Å²) in [6.07, 6.45) is 16.9. The summed E-state index contributed by atoms with van der Waals surface area (Å²) in [4.78, 5) is 10.4. The van der Waals surface area contributed by atoms with Gasteiger partial charge in [-0.25, -0.2) is 0 Å². The molecular formula is C22H32O. The molecule has 0 aromatic heterocycles. The molecule has 0 aromatic carbocycles. The van der Waals surface area contributed by atoms with Crippen LogP contribution in [0.1, 0.15) is 60.8 Å². The number of aldehydes is 1. The van der Waals surface area contributed by atoms with Gasteiger partial charge in [0.05, 0.1) is 0 Å². The van der Waals surface area contributed by atoms with Gasteiger partial charge in [0.1, 0.15) is 6.29 Å². The second-order valence-electron chi connectivity index (χ2n) is 7.49. The number of hydrogen-bond acceptors (Lipinski definition) is 1. The van der Waals surface area contributed by atoms with Gasteiger partial charge >= 0.3 is 0 Å². The highest BCUT2D eigenvalue weighted by atomic mass is 16.1. The Morgan fingerprint density at radius 1 is 1.17 bits per heavy atom. The molecule has 0 bridgehead atoms. The van der Waals surface area contributed by atoms with Crippen molar-refractivity contribution in [2.75, 3.05) is 0 Å². The summed E-state index contributed by atoms with van der Waals surface area (Å²) in [6, 6.07) is 0. The largest absolute Gasteiger partial charge is 0.299 e. The first-order chi connectivity index (χ1) is 10.8. The van der Waals surface area contributed by atoms with Gasteiger partial charge in [-0.2, -0.15) is 0 Å². The molecular weight excluding hydrogens is 280 g/mol. The van der Waals surface area contributed by atoms with Crippen molar-refractivity contribution in [2.45, 2.75) is 60.8 Å². The molecule has 126 valence electrons. The van der Waals surface area contributed by atoms with E-state index >= 15 is 0 Å². The zero-order valence-corrected chi connectivity index (χ0v) is 15.6. The minimum atomic E-state index is 0.278. The predicted molar refractivity (Wildman–Crippen MR) is 101 cm³/mol. The van der Waals surface area contributed by atoms with Crippen LogP contribution >= 0.6 is 0 Å². The van der Waals surface area contributed by atoms with Crippen LogP contribution in [0.5, 0.6) is 0 Å². The first-order valence-corrected chi connectivity index (χ1v) is 8.66. The Bertz CT molecular complexity index is 563. The molecule has 0 radical (unpaired) electrons. The second-order valence-corrected chi connectivity index (χ2v) is 7.49. The van der Waals surface area contributed by atoms with Crippen molar-refractivity contribution in [1.29, 1.82) is 0 Å². The zero-order valence-electron chi connectivity index (χ0n) is 15.6. The smallest absolute Gasteiger partial charge is 0.143 e. The molecule has 23 heavy (non-hydrogen) atoms. The van der Waals surface area contributed by atoms with Crippen molar-refractivity contribution in [3.8, 4) is 0 Å². The minimum absolute atomic E-state index is 0.278. The number of carbonyl (C=O) groups excluding carboxylic acids is 1. The molecule has 0 saturated carbocycles. The highest BCUT2D eigenvalue weighted by molar-refractivity contribution is 5.66. The Labute approximate surface area is 142 Å². The molecule has 1 rings (SSSR count). The van der Waals surface area contributed by atoms with Crippen molar-refractivity contribution >= 4 is 6.29 Å². The third-order valence-corrected chi connectivity index (χ3v) is 4.63. The normalized spacial score (nSPS) is 20.1. The molecule has 0 saturated heterocycles. The highest BCUT2D eigenvalue weighted by Gasteiger charge is 2.26. The summed E-state index contributed by atoms with van der Waals surface area (Å²) >= 11 is 0. The third-order valence-electron chi connectivity index (χ3n) is 4.63. The quantitative estimate of drug-likeness (QED) is 0.317. The number of hydrogen-bond donors (Lipinski definition) is 0. The molecule has 0 amide bonds. The van der Waals surface area contributed by atoms with Gasteiger partial charge in [-0.3, -0.25) is 4.79 Å². The van der Waals surface area contributed by atoms with E-state index < -0.39 is 0 Å². The van der Waals surface area contributed by atoms with E-state index in [0.717, 1.165) is 11.9 Å². The third kappa shape index (κ3) is 6.17. The summed E-state index contributed by atoms with van der Waals surface area (Å²) in [5.41, 5.74) is 5.58. The van der Waals surface area contributed by atoms with Crippen molar-refractivity contribution in [2.24, 2.45) is 11.3 Å². The molecule has 1 aliphatic rings. The molecule has 0 fully saturated rings. The van der Waals surface area contributed by atoms with Crippen LogP contribution in [0.2, 0.25) is 0 Å². The highest BCUT2D eigenvalue weighted by Crippen LogP contribution is 2.40. The average molecular weight is 312 g/mol. The van der Waals surface area contributed by atoms with Gasteiger partial charge in [-0.05, 0) is 67.2 Å². The fraction of sp³-hybridized carbons (Fsp3) is 0.500. The van der Waals surface area contributed by atoms with Crippen LogP contribution in [-0.2, 0) is 4.79 Å². The van der Waals surface area contributed by atoms with Crippen LogP contribution in [0.3, 0.4) is 0 Å². The van der Waals surface area contributed by atoms with E-state index in [2.05, 4.69) is 52.8 Å². The van der Waals surface area contributed by atoms with E-state index in [9.17, 15) is 4.79 Å². The van der Waals surface area contributed by atoms with Crippen LogP contribution in [0.4, 0.5) is 0 Å². The fourth-order valence-corrected chi connectivity index (χ4v) is 3.10. The summed E-state index contributed by atoms with van der Waals surface area (Å²) in [6.45, 7) is 13.3. The Morgan fingerprint density at radius 2 is 1.87 bits per heavy atom. The fourth-order valence-electron chi connectivity index (χ4n) is 3.10. The molecule has 0 aromatic rings. The molecule has 1 heteroatoms. The number of carbonyl (C=O) groups is 1. The van der Waals surface area contributed by atoms with E-state index in [1.165, 1.54) is 36.0 Å². The topological polar surface area (TPSA) is 17.1 Å². The Balaban J connectivity index is 3.00. The van der Waals surface area contributed by atoms with Gasteiger partial charge < -0.3 is 0 Å². The summed E-state index contributed by atoms with van der Waals surface area (Å²) < 4.78 is 0. The van der Waals surface area contributed by atoms with E-state index in [4.69, 9.17) is 0 Å². The van der Waals surface area contributed by atoms with Gasteiger partial charge in [0, 0.05) is 0 Å². The molecule has 0 heterocycles. The van der Waals surface area contributed by atoms with Crippen LogP contribution in [0, 0.1) is 11.3 Å². The zero-order chi connectivity index (χ0) is 17.5. The first-order valence-electron chi connectivity index (χ1n) is 8.66. The van der Waals surface area contributed by atoms with Crippen LogP contribution < -0.4 is 0 Å². The first kappa shape index (κ1) is 19.4. The average Bonchev–Trinajstić information content (AvgIpc) is 2.44. The Kier molecular flexibility index (Phi) is 7.48. The molecule has 0 atom stereocenters. The number of rotatable bonds is 6. The summed E-state index contributed by atoms with van der Waals surface area (Å²) in [5, 5.41) is 0. The maximum absolute atomic E-state index is 10.4. The van der Waals surface area contributed by atoms with E-state index in [1.807, 2.05) is 19.1 Å². The molecule has 0 spiro atoms. The van der Waals surface area contributed by atoms with E-state index in [0.29, 0.717) is 5.92 Å². The van der Waals surface area contributed by atoms with Crippen molar-refractivity contribution in [3.63, 3.8) is 0 Å². The van der Waals surface area contributed by atoms with Gasteiger partial charge in [-0.1, -0.05) is 63.6 Å². The molecule has 0 unspecified atom stereocenters. The predicted octanol–water partition coefficient (Wildman–Crippen LogP) is 6.35. The summed E-state index contributed by atoms with van der Waals surface area (Å²) in [7, 11) is 0. The Morgan fingerprint density at radius 3 is 2.43 bits per heavy atom. The van der Waals surface area contributed by atoms with Crippen LogP contribution in [-0.4, -0.2) is 6.29 Å². The second kappa shape index (κ2) is 8.86. The lowest BCUT2D eigenvalue weighted by Gasteiger charge is -2.33. The summed E-state index contributed by atoms with van der Waals surface area (Å²) in [5.74, 6) is 0.471. The maximum Gasteiger partial charge on any atom is 0.143 e. The molecule has 1 nitrogen and oxygen atoms in total.